The van der Waals surface area contributed by atoms with Crippen molar-refractivity contribution in [2.45, 2.75) is 12.7 Å². The summed E-state index contributed by atoms with van der Waals surface area (Å²) >= 11 is 3.93. The Balaban J connectivity index is 2.84. The maximum atomic E-state index is 4.93. The third-order valence-corrected chi connectivity index (χ3v) is 0.974. The highest BCUT2D eigenvalue weighted by Gasteiger charge is 1.95. The number of aromatic nitrogens is 2. The number of nitrogens with zero attached hydrogens (tertiary/aromatic N) is 2. The first kappa shape index (κ1) is 5.62. The second-order valence-corrected chi connectivity index (χ2v) is 1.69. The van der Waals surface area contributed by atoms with E-state index in [0.29, 0.717) is 17.5 Å². The van der Waals surface area contributed by atoms with Gasteiger partial charge < -0.3 is 4.42 Å². The van der Waals surface area contributed by atoms with Crippen LogP contribution in [0.4, 0.5) is 0 Å². The predicted molar refractivity (Wildman–Crippen MR) is 31.7 cm³/mol. The van der Waals surface area contributed by atoms with Crippen LogP contribution in [-0.4, -0.2) is 10.2 Å². The van der Waals surface area contributed by atoms with E-state index in [0.717, 1.165) is 0 Å². The van der Waals surface area contributed by atoms with Crippen molar-refractivity contribution in [1.29, 1.82) is 0 Å². The molecule has 0 aliphatic rings. The number of hydrogen-bond donors (Lipinski definition) is 1. The highest BCUT2D eigenvalue weighted by atomic mass is 32.1. The zero-order valence-corrected chi connectivity index (χ0v) is 5.35. The molecule has 4 heteroatoms. The van der Waals surface area contributed by atoms with Crippen molar-refractivity contribution in [3.63, 3.8) is 0 Å². The number of rotatable bonds is 1. The summed E-state index contributed by atoms with van der Waals surface area (Å²) in [5.74, 6) is 1.68. The average Bonchev–Trinajstić information content (AvgIpc) is 2.14. The van der Waals surface area contributed by atoms with Crippen molar-refractivity contribution in [2.75, 3.05) is 0 Å². The van der Waals surface area contributed by atoms with Gasteiger partial charge in [0.05, 0.1) is 5.75 Å². The van der Waals surface area contributed by atoms with Gasteiger partial charge in [-0.1, -0.05) is 0 Å². The second kappa shape index (κ2) is 2.17. The van der Waals surface area contributed by atoms with Gasteiger partial charge in [0.25, 0.3) is 0 Å². The summed E-state index contributed by atoms with van der Waals surface area (Å²) in [5, 5.41) is 7.26. The van der Waals surface area contributed by atoms with E-state index in [1.54, 1.807) is 6.92 Å². The van der Waals surface area contributed by atoms with Crippen molar-refractivity contribution >= 4 is 12.6 Å². The van der Waals surface area contributed by atoms with Crippen LogP contribution in [-0.2, 0) is 5.75 Å². The van der Waals surface area contributed by atoms with Crippen LogP contribution in [0.15, 0.2) is 4.42 Å². The van der Waals surface area contributed by atoms with Crippen LogP contribution < -0.4 is 0 Å². The van der Waals surface area contributed by atoms with Gasteiger partial charge in [-0.15, -0.1) is 10.2 Å². The van der Waals surface area contributed by atoms with E-state index in [-0.39, 0.29) is 0 Å². The molecular formula is C4H6N2OS. The Hall–Kier alpha value is -0.510. The predicted octanol–water partition coefficient (Wildman–Crippen LogP) is 0.808. The van der Waals surface area contributed by atoms with Gasteiger partial charge in [0.1, 0.15) is 0 Å². The van der Waals surface area contributed by atoms with Gasteiger partial charge in [0.15, 0.2) is 0 Å². The lowest BCUT2D eigenvalue weighted by atomic mass is 10.8. The molecular weight excluding hydrogens is 124 g/mol. The summed E-state index contributed by atoms with van der Waals surface area (Å²) in [6, 6.07) is 0. The molecule has 0 aromatic carbocycles. The molecule has 0 spiro atoms. The van der Waals surface area contributed by atoms with E-state index in [4.69, 9.17) is 4.42 Å². The van der Waals surface area contributed by atoms with Crippen molar-refractivity contribution in [3.05, 3.63) is 11.8 Å². The van der Waals surface area contributed by atoms with Gasteiger partial charge in [0, 0.05) is 6.92 Å². The average molecular weight is 130 g/mol. The Bertz CT molecular complexity index is 174. The van der Waals surface area contributed by atoms with E-state index >= 15 is 0 Å². The van der Waals surface area contributed by atoms with Gasteiger partial charge in [-0.05, 0) is 0 Å². The molecule has 44 valence electrons. The number of hydrogen-bond acceptors (Lipinski definition) is 4. The van der Waals surface area contributed by atoms with Gasteiger partial charge >= 0.3 is 0 Å². The van der Waals surface area contributed by atoms with E-state index in [9.17, 15) is 0 Å². The van der Waals surface area contributed by atoms with Crippen molar-refractivity contribution < 1.29 is 4.42 Å². The lowest BCUT2D eigenvalue weighted by molar-refractivity contribution is 0.486. The summed E-state index contributed by atoms with van der Waals surface area (Å²) in [7, 11) is 0. The van der Waals surface area contributed by atoms with E-state index in [2.05, 4.69) is 22.8 Å². The Kier molecular flexibility index (Phi) is 1.53. The van der Waals surface area contributed by atoms with Crippen LogP contribution in [0.2, 0.25) is 0 Å². The molecule has 0 amide bonds. The van der Waals surface area contributed by atoms with Crippen LogP contribution in [0.25, 0.3) is 0 Å². The molecule has 8 heavy (non-hydrogen) atoms. The fourth-order valence-corrected chi connectivity index (χ4v) is 0.529. The Morgan fingerprint density at radius 1 is 1.62 bits per heavy atom. The third kappa shape index (κ3) is 1.01. The summed E-state index contributed by atoms with van der Waals surface area (Å²) in [5.41, 5.74) is 0. The zero-order chi connectivity index (χ0) is 5.98. The van der Waals surface area contributed by atoms with E-state index < -0.39 is 0 Å². The summed E-state index contributed by atoms with van der Waals surface area (Å²) in [6.45, 7) is 1.75. The molecule has 3 nitrogen and oxygen atoms in total. The van der Waals surface area contributed by atoms with Crippen molar-refractivity contribution in [2.24, 2.45) is 0 Å². The molecule has 0 bridgehead atoms. The summed E-state index contributed by atoms with van der Waals surface area (Å²) in [6.07, 6.45) is 0. The molecule has 0 atom stereocenters. The molecule has 0 aliphatic heterocycles. The van der Waals surface area contributed by atoms with Crippen LogP contribution in [0.1, 0.15) is 11.8 Å². The van der Waals surface area contributed by atoms with Gasteiger partial charge in [-0.3, -0.25) is 0 Å². The molecule has 0 aliphatic carbocycles. The van der Waals surface area contributed by atoms with Crippen molar-refractivity contribution in [1.82, 2.24) is 10.2 Å². The molecule has 1 aromatic rings. The van der Waals surface area contributed by atoms with E-state index in [1.165, 1.54) is 0 Å². The minimum atomic E-state index is 0.515. The van der Waals surface area contributed by atoms with Crippen LogP contribution in [0, 0.1) is 6.92 Å². The summed E-state index contributed by atoms with van der Waals surface area (Å²) in [4.78, 5) is 0. The molecule has 0 fully saturated rings. The Labute approximate surface area is 52.5 Å². The maximum Gasteiger partial charge on any atom is 0.226 e. The number of aryl methyl sites for hydroxylation is 1. The smallest absolute Gasteiger partial charge is 0.226 e. The van der Waals surface area contributed by atoms with Gasteiger partial charge in [-0.2, -0.15) is 12.6 Å². The quantitative estimate of drug-likeness (QED) is 0.572. The highest BCUT2D eigenvalue weighted by molar-refractivity contribution is 7.79. The monoisotopic (exact) mass is 130 g/mol. The Morgan fingerprint density at radius 3 is 2.62 bits per heavy atom. The van der Waals surface area contributed by atoms with Gasteiger partial charge in [0.2, 0.25) is 11.8 Å². The molecule has 0 saturated carbocycles. The molecule has 1 heterocycles. The SMILES string of the molecule is Cc1nnc(CS)o1. The molecule has 1 aromatic heterocycles. The first-order valence-electron chi connectivity index (χ1n) is 2.23. The topological polar surface area (TPSA) is 38.9 Å². The molecule has 0 N–H and O–H groups in total. The lowest BCUT2D eigenvalue weighted by Gasteiger charge is -1.77. The van der Waals surface area contributed by atoms with Crippen LogP contribution >= 0.6 is 12.6 Å². The number of thiol groups is 1. The van der Waals surface area contributed by atoms with Crippen LogP contribution in [0.3, 0.4) is 0 Å². The van der Waals surface area contributed by atoms with Crippen molar-refractivity contribution in [3.8, 4) is 0 Å². The maximum absolute atomic E-state index is 4.93. The molecule has 0 unspecified atom stereocenters. The minimum Gasteiger partial charge on any atom is -0.425 e. The highest BCUT2D eigenvalue weighted by Crippen LogP contribution is 1.99. The normalized spacial score (nSPS) is 9.75. The van der Waals surface area contributed by atoms with E-state index in [1.807, 2.05) is 0 Å². The molecule has 0 saturated heterocycles. The lowest BCUT2D eigenvalue weighted by Crippen LogP contribution is -1.73. The summed E-state index contributed by atoms with van der Waals surface area (Å²) < 4.78 is 4.93. The standard InChI is InChI=1S/C4H6N2OS/c1-3-5-6-4(2-8)7-3/h8H,2H2,1H3. The molecule has 0 radical (unpaired) electrons. The largest absolute Gasteiger partial charge is 0.425 e. The Morgan fingerprint density at radius 2 is 2.38 bits per heavy atom. The zero-order valence-electron chi connectivity index (χ0n) is 4.46. The van der Waals surface area contributed by atoms with Crippen LogP contribution in [0.5, 0.6) is 0 Å². The first-order chi connectivity index (χ1) is 3.83. The fourth-order valence-electron chi connectivity index (χ4n) is 0.401. The van der Waals surface area contributed by atoms with Gasteiger partial charge in [-0.25, -0.2) is 0 Å². The third-order valence-electron chi connectivity index (χ3n) is 0.703. The first-order valence-corrected chi connectivity index (χ1v) is 2.86. The molecule has 1 rings (SSSR count). The second-order valence-electron chi connectivity index (χ2n) is 1.37. The minimum absolute atomic E-state index is 0.515. The fraction of sp³-hybridized carbons (Fsp3) is 0.500.